The van der Waals surface area contributed by atoms with Crippen LogP contribution < -0.4 is 10.6 Å². The fourth-order valence-corrected chi connectivity index (χ4v) is 7.46. The molecule has 0 unspecified atom stereocenters. The number of allylic oxidation sites excluding steroid dienone is 2. The molecule has 0 saturated carbocycles. The summed E-state index contributed by atoms with van der Waals surface area (Å²) in [5.74, 6) is 1.13. The molecule has 262 valence electrons. The van der Waals surface area contributed by atoms with Gasteiger partial charge in [-0.3, -0.25) is 4.99 Å². The van der Waals surface area contributed by atoms with Crippen LogP contribution in [0.2, 0.25) is 0 Å². The predicted molar refractivity (Wildman–Crippen MR) is 231 cm³/mol. The summed E-state index contributed by atoms with van der Waals surface area (Å²) in [6.07, 6.45) is 6.84. The first-order valence-corrected chi connectivity index (χ1v) is 18.5. The SMILES string of the molecule is C=NC(=NC(=NCc1ccccc1)C1=c2c(oc3ccc(-c4ccc(-c5ccc(-c6ccccc6)c6ccccc56)cc4)cc23)=CC=CC1)c1ccccc1. The van der Waals surface area contributed by atoms with Gasteiger partial charge >= 0.3 is 0 Å². The number of fused-ring (bicyclic) bond motifs is 4. The minimum Gasteiger partial charge on any atom is -0.456 e. The smallest absolute Gasteiger partial charge is 0.160 e. The summed E-state index contributed by atoms with van der Waals surface area (Å²) in [6.45, 7) is 4.35. The van der Waals surface area contributed by atoms with Crippen LogP contribution in [0.25, 0.3) is 66.8 Å². The number of benzene rings is 7. The lowest BCUT2D eigenvalue weighted by Gasteiger charge is -2.13. The topological polar surface area (TPSA) is 50.2 Å². The van der Waals surface area contributed by atoms with Crippen LogP contribution in [0.15, 0.2) is 201 Å². The number of aliphatic imine (C=N–C) groups is 3. The number of hydrogen-bond acceptors (Lipinski definition) is 2. The molecule has 1 aliphatic carbocycles. The maximum Gasteiger partial charge on any atom is 0.160 e. The minimum absolute atomic E-state index is 0.475. The number of nitrogens with zero attached hydrogens (tertiary/aromatic N) is 3. The average Bonchev–Trinajstić information content (AvgIpc) is 3.48. The molecule has 9 rings (SSSR count). The standard InChI is InChI=1S/C51H37N3O/c1-52-50(39-19-9-4-10-20-39)54-51(53-34-35-15-5-2-6-16-35)45-23-13-14-24-48-49(45)46-33-40(29-32-47(46)55-48)36-25-27-38(28-26-36)42-31-30-41(37-17-7-3-8-18-37)43-21-11-12-22-44(42)43/h2-22,24-33H,1,23,34H2. The Bertz CT molecular complexity index is 2900. The molecule has 7 aromatic carbocycles. The summed E-state index contributed by atoms with van der Waals surface area (Å²) in [5, 5.41) is 4.50. The molecule has 0 amide bonds. The Morgan fingerprint density at radius 1 is 0.564 bits per heavy atom. The van der Waals surface area contributed by atoms with Gasteiger partial charge < -0.3 is 4.42 Å². The minimum atomic E-state index is 0.475. The Kier molecular flexibility index (Phi) is 9.21. The molecule has 0 bridgehead atoms. The molecule has 1 heterocycles. The molecule has 4 heteroatoms. The summed E-state index contributed by atoms with van der Waals surface area (Å²) in [4.78, 5) is 14.6. The van der Waals surface area contributed by atoms with Crippen LogP contribution in [0.4, 0.5) is 0 Å². The second-order valence-corrected chi connectivity index (χ2v) is 13.6. The van der Waals surface area contributed by atoms with Gasteiger partial charge in [-0.1, -0.05) is 170 Å². The lowest BCUT2D eigenvalue weighted by atomic mass is 9.91. The van der Waals surface area contributed by atoms with Crippen LogP contribution >= 0.6 is 0 Å². The zero-order chi connectivity index (χ0) is 37.0. The van der Waals surface area contributed by atoms with E-state index in [2.05, 4.69) is 139 Å². The fraction of sp³-hybridized carbons (Fsp3) is 0.0392. The van der Waals surface area contributed by atoms with E-state index in [9.17, 15) is 0 Å². The van der Waals surface area contributed by atoms with Crippen molar-refractivity contribution < 1.29 is 4.42 Å². The number of rotatable bonds is 7. The van der Waals surface area contributed by atoms with Crippen molar-refractivity contribution in [3.8, 4) is 33.4 Å². The van der Waals surface area contributed by atoms with E-state index in [-0.39, 0.29) is 0 Å². The first-order valence-electron chi connectivity index (χ1n) is 18.5. The van der Waals surface area contributed by atoms with E-state index in [0.29, 0.717) is 24.6 Å². The zero-order valence-corrected chi connectivity index (χ0v) is 30.3. The van der Waals surface area contributed by atoms with Crippen LogP contribution in [-0.2, 0) is 6.54 Å². The Morgan fingerprint density at radius 3 is 1.85 bits per heavy atom. The van der Waals surface area contributed by atoms with Gasteiger partial charge in [-0.25, -0.2) is 9.98 Å². The number of hydrogen-bond donors (Lipinski definition) is 0. The van der Waals surface area contributed by atoms with E-state index >= 15 is 0 Å². The Labute approximate surface area is 320 Å². The maximum atomic E-state index is 6.51. The van der Waals surface area contributed by atoms with Crippen LogP contribution in [0.5, 0.6) is 0 Å². The van der Waals surface area contributed by atoms with E-state index in [0.717, 1.165) is 49.4 Å². The van der Waals surface area contributed by atoms with Gasteiger partial charge in [0.15, 0.2) is 11.7 Å². The third-order valence-corrected chi connectivity index (χ3v) is 10.2. The van der Waals surface area contributed by atoms with Crippen LogP contribution in [-0.4, -0.2) is 18.4 Å². The van der Waals surface area contributed by atoms with E-state index in [1.165, 1.54) is 33.0 Å². The van der Waals surface area contributed by atoms with Crippen molar-refractivity contribution in [3.63, 3.8) is 0 Å². The summed E-state index contributed by atoms with van der Waals surface area (Å²) >= 11 is 0. The highest BCUT2D eigenvalue weighted by Crippen LogP contribution is 2.36. The van der Waals surface area contributed by atoms with Crippen molar-refractivity contribution >= 4 is 51.8 Å². The fourth-order valence-electron chi connectivity index (χ4n) is 7.46. The molecule has 0 aliphatic heterocycles. The van der Waals surface area contributed by atoms with Gasteiger partial charge in [0.2, 0.25) is 0 Å². The molecule has 1 aromatic heterocycles. The lowest BCUT2D eigenvalue weighted by molar-refractivity contribution is 0.575. The molecule has 0 saturated heterocycles. The van der Waals surface area contributed by atoms with E-state index in [4.69, 9.17) is 14.4 Å². The molecule has 55 heavy (non-hydrogen) atoms. The lowest BCUT2D eigenvalue weighted by Crippen LogP contribution is -2.25. The summed E-state index contributed by atoms with van der Waals surface area (Å²) in [6, 6.07) is 59.3. The van der Waals surface area contributed by atoms with Crippen LogP contribution in [0, 0.1) is 0 Å². The number of amidine groups is 2. The van der Waals surface area contributed by atoms with Crippen LogP contribution in [0.1, 0.15) is 17.5 Å². The molecule has 0 spiro atoms. The molecular weight excluding hydrogens is 671 g/mol. The van der Waals surface area contributed by atoms with Gasteiger partial charge in [0, 0.05) is 21.7 Å². The van der Waals surface area contributed by atoms with Gasteiger partial charge in [-0.05, 0) is 81.1 Å². The molecule has 0 atom stereocenters. The van der Waals surface area contributed by atoms with Crippen molar-refractivity contribution in [2.75, 3.05) is 0 Å². The molecule has 1 aliphatic rings. The quantitative estimate of drug-likeness (QED) is 0.120. The molecule has 0 N–H and O–H groups in total. The Morgan fingerprint density at radius 2 is 1.16 bits per heavy atom. The normalized spacial score (nSPS) is 13.1. The average molecular weight is 708 g/mol. The van der Waals surface area contributed by atoms with Gasteiger partial charge in [0.1, 0.15) is 11.0 Å². The Hall–Kier alpha value is -7.17. The van der Waals surface area contributed by atoms with Gasteiger partial charge in [0.05, 0.1) is 6.54 Å². The first kappa shape index (κ1) is 33.7. The maximum absolute atomic E-state index is 6.51. The zero-order valence-electron chi connectivity index (χ0n) is 30.3. The van der Waals surface area contributed by atoms with Crippen molar-refractivity contribution in [2.24, 2.45) is 15.0 Å². The highest BCUT2D eigenvalue weighted by molar-refractivity contribution is 6.24. The highest BCUT2D eigenvalue weighted by Gasteiger charge is 2.17. The first-order chi connectivity index (χ1) is 27.2. The summed E-state index contributed by atoms with van der Waals surface area (Å²) in [7, 11) is 0. The second kappa shape index (κ2) is 15.1. The van der Waals surface area contributed by atoms with Crippen molar-refractivity contribution in [3.05, 3.63) is 204 Å². The highest BCUT2D eigenvalue weighted by atomic mass is 16.3. The molecule has 0 fully saturated rings. The van der Waals surface area contributed by atoms with Crippen LogP contribution in [0.3, 0.4) is 0 Å². The van der Waals surface area contributed by atoms with Gasteiger partial charge in [0.25, 0.3) is 0 Å². The van der Waals surface area contributed by atoms with Gasteiger partial charge in [-0.2, -0.15) is 0 Å². The largest absolute Gasteiger partial charge is 0.456 e. The van der Waals surface area contributed by atoms with Gasteiger partial charge in [-0.15, -0.1) is 0 Å². The van der Waals surface area contributed by atoms with E-state index in [1.807, 2.05) is 60.7 Å². The third kappa shape index (κ3) is 6.78. The third-order valence-electron chi connectivity index (χ3n) is 10.2. The Balaban J connectivity index is 1.15. The predicted octanol–water partition coefficient (Wildman–Crippen LogP) is 11.2. The number of furan rings is 1. The molecule has 0 radical (unpaired) electrons. The molecular formula is C51H37N3O. The van der Waals surface area contributed by atoms with Crippen molar-refractivity contribution in [1.29, 1.82) is 0 Å². The second-order valence-electron chi connectivity index (χ2n) is 13.6. The summed E-state index contributed by atoms with van der Waals surface area (Å²) < 4.78 is 6.51. The van der Waals surface area contributed by atoms with Crippen molar-refractivity contribution in [1.82, 2.24) is 0 Å². The monoisotopic (exact) mass is 707 g/mol. The van der Waals surface area contributed by atoms with Crippen molar-refractivity contribution in [2.45, 2.75) is 13.0 Å². The van der Waals surface area contributed by atoms with E-state index < -0.39 is 0 Å². The molecule has 4 nitrogen and oxygen atoms in total. The molecule has 8 aromatic rings. The van der Waals surface area contributed by atoms with E-state index in [1.54, 1.807) is 0 Å². The summed E-state index contributed by atoms with van der Waals surface area (Å²) in [5.41, 5.74) is 11.6.